The van der Waals surface area contributed by atoms with Crippen LogP contribution >= 0.6 is 0 Å². The number of fused-ring (bicyclic) bond motifs is 1. The van der Waals surface area contributed by atoms with Crippen molar-refractivity contribution >= 4 is 42.3 Å². The number of phenols is 1. The van der Waals surface area contributed by atoms with Crippen LogP contribution in [-0.2, 0) is 45.0 Å². The smallest absolute Gasteiger partial charge is 0.232 e. The van der Waals surface area contributed by atoms with E-state index >= 15 is 0 Å². The fraction of sp³-hybridized carbons (Fsp3) is 0.273. The van der Waals surface area contributed by atoms with Crippen molar-refractivity contribution in [1.29, 1.82) is 0 Å². The second kappa shape index (κ2) is 13.1. The first-order chi connectivity index (χ1) is 21.7. The molecule has 0 fully saturated rings. The van der Waals surface area contributed by atoms with Crippen LogP contribution < -0.4 is 9.21 Å². The maximum absolute atomic E-state index is 14.6. The molecule has 0 unspecified atom stereocenters. The Balaban J connectivity index is 1.61. The van der Waals surface area contributed by atoms with E-state index in [4.69, 9.17) is 4.98 Å². The zero-order valence-corrected chi connectivity index (χ0v) is 27.7. The third-order valence-corrected chi connectivity index (χ3v) is 9.91. The topological polar surface area (TPSA) is 137 Å². The molecule has 2 N–H and O–H groups in total. The highest BCUT2D eigenvalue weighted by atomic mass is 32.2. The van der Waals surface area contributed by atoms with Crippen molar-refractivity contribution in [1.82, 2.24) is 15.2 Å². The molecule has 0 bridgehead atoms. The monoisotopic (exact) mass is 665 g/mol. The van der Waals surface area contributed by atoms with Crippen LogP contribution in [0.3, 0.4) is 0 Å². The van der Waals surface area contributed by atoms with Crippen LogP contribution in [0.5, 0.6) is 5.75 Å². The lowest BCUT2D eigenvalue weighted by Gasteiger charge is -2.28. The first-order valence-corrected chi connectivity index (χ1v) is 18.5. The highest BCUT2D eigenvalue weighted by Gasteiger charge is 2.22. The Labute approximate surface area is 268 Å². The number of anilines is 2. The van der Waals surface area contributed by atoms with Crippen LogP contribution in [0.25, 0.3) is 22.2 Å². The fourth-order valence-electron chi connectivity index (χ4n) is 5.41. The number of aromatic nitrogens is 3. The Morgan fingerprint density at radius 3 is 2.30 bits per heavy atom. The summed E-state index contributed by atoms with van der Waals surface area (Å²) >= 11 is 0. The van der Waals surface area contributed by atoms with E-state index in [-0.39, 0.29) is 12.3 Å². The van der Waals surface area contributed by atoms with Crippen LogP contribution in [0.4, 0.5) is 15.9 Å². The van der Waals surface area contributed by atoms with Gasteiger partial charge >= 0.3 is 0 Å². The van der Waals surface area contributed by atoms with E-state index < -0.39 is 31.4 Å². The SMILES string of the molecule is CCc1cc(O)c(F)cc1-c1cc2[nH]ncc2c(N(CCc2ccc(CS(C)(=O)=O)cc2)Cc2ccccc2N(C)S(C)(=O)=O)n1. The summed E-state index contributed by atoms with van der Waals surface area (Å²) in [5.74, 6) is -0.674. The Bertz CT molecular complexity index is 2100. The first-order valence-electron chi connectivity index (χ1n) is 14.6. The number of hydrogen-bond acceptors (Lipinski definition) is 8. The number of sulfone groups is 1. The standard InChI is InChI=1S/C33H36FN5O5S2/c1-5-24-16-32(40)28(34)17-26(24)29-18-30-27(19-35-37-30)33(36-29)39(15-14-22-10-12-23(13-11-22)21-45(3,41)42)20-25-8-6-7-9-31(25)38(2)46(4,43)44/h6-13,16-19,40H,5,14-15,20-21H2,1-4H3,(H,35,37). The van der Waals surface area contributed by atoms with Crippen molar-refractivity contribution in [3.8, 4) is 17.0 Å². The van der Waals surface area contributed by atoms with Gasteiger partial charge in [0.2, 0.25) is 10.0 Å². The average molecular weight is 666 g/mol. The van der Waals surface area contributed by atoms with Gasteiger partial charge in [0.05, 0.1) is 40.5 Å². The molecule has 46 heavy (non-hydrogen) atoms. The van der Waals surface area contributed by atoms with Crippen molar-refractivity contribution in [3.05, 3.63) is 101 Å². The van der Waals surface area contributed by atoms with Gasteiger partial charge in [0.25, 0.3) is 0 Å². The molecule has 0 saturated carbocycles. The second-order valence-electron chi connectivity index (χ2n) is 11.4. The number of aryl methyl sites for hydroxylation is 1. The van der Waals surface area contributed by atoms with Crippen LogP contribution in [0.1, 0.15) is 29.2 Å². The Morgan fingerprint density at radius 2 is 1.63 bits per heavy atom. The number of nitrogens with one attached hydrogen (secondary N) is 1. The van der Waals surface area contributed by atoms with Gasteiger partial charge in [0.15, 0.2) is 21.4 Å². The summed E-state index contributed by atoms with van der Waals surface area (Å²) in [4.78, 5) is 7.06. The Hall–Kier alpha value is -4.49. The number of aromatic amines is 1. The van der Waals surface area contributed by atoms with Gasteiger partial charge in [-0.2, -0.15) is 5.10 Å². The molecular formula is C33H36FN5O5S2. The van der Waals surface area contributed by atoms with E-state index in [9.17, 15) is 26.3 Å². The molecule has 0 aliphatic rings. The molecule has 0 aliphatic heterocycles. The van der Waals surface area contributed by atoms with E-state index in [2.05, 4.69) is 10.2 Å². The second-order valence-corrected chi connectivity index (χ2v) is 15.5. The number of para-hydroxylation sites is 1. The van der Waals surface area contributed by atoms with Crippen LogP contribution in [0.2, 0.25) is 0 Å². The number of nitrogens with zero attached hydrogens (tertiary/aromatic N) is 4. The molecule has 5 aromatic rings. The van der Waals surface area contributed by atoms with Gasteiger partial charge in [0.1, 0.15) is 5.82 Å². The molecule has 10 nitrogen and oxygen atoms in total. The molecule has 0 spiro atoms. The van der Waals surface area contributed by atoms with Crippen LogP contribution in [0.15, 0.2) is 72.9 Å². The summed E-state index contributed by atoms with van der Waals surface area (Å²) in [6, 6.07) is 19.1. The minimum atomic E-state index is -3.55. The molecule has 13 heteroatoms. The molecule has 242 valence electrons. The highest BCUT2D eigenvalue weighted by molar-refractivity contribution is 7.92. The number of hydrogen-bond donors (Lipinski definition) is 2. The van der Waals surface area contributed by atoms with Gasteiger partial charge in [-0.3, -0.25) is 9.40 Å². The summed E-state index contributed by atoms with van der Waals surface area (Å²) in [6.45, 7) is 2.64. The molecule has 5 rings (SSSR count). The molecule has 0 aliphatic carbocycles. The quantitative estimate of drug-likeness (QED) is 0.185. The molecule has 0 amide bonds. The van der Waals surface area contributed by atoms with E-state index in [0.717, 1.165) is 28.3 Å². The fourth-order valence-corrected chi connectivity index (χ4v) is 6.74. The number of benzene rings is 3. The molecule has 2 aromatic heterocycles. The predicted octanol–water partition coefficient (Wildman–Crippen LogP) is 5.22. The largest absolute Gasteiger partial charge is 0.505 e. The minimum absolute atomic E-state index is 0.0448. The number of halogens is 1. The lowest BCUT2D eigenvalue weighted by Crippen LogP contribution is -2.30. The van der Waals surface area contributed by atoms with Gasteiger partial charge < -0.3 is 10.0 Å². The average Bonchev–Trinajstić information content (AvgIpc) is 3.48. The van der Waals surface area contributed by atoms with E-state index in [1.54, 1.807) is 36.5 Å². The summed E-state index contributed by atoms with van der Waals surface area (Å²) in [5.41, 5.74) is 5.35. The van der Waals surface area contributed by atoms with Crippen molar-refractivity contribution in [2.24, 2.45) is 0 Å². The Kier molecular flexibility index (Phi) is 9.36. The number of pyridine rings is 1. The highest BCUT2D eigenvalue weighted by Crippen LogP contribution is 2.35. The zero-order valence-electron chi connectivity index (χ0n) is 26.0. The van der Waals surface area contributed by atoms with Crippen molar-refractivity contribution < 1.29 is 26.3 Å². The summed E-state index contributed by atoms with van der Waals surface area (Å²) < 4.78 is 64.4. The molecule has 3 aromatic carbocycles. The number of sulfonamides is 1. The number of aromatic hydroxyl groups is 1. The minimum Gasteiger partial charge on any atom is -0.505 e. The van der Waals surface area contributed by atoms with Crippen LogP contribution in [0, 0.1) is 5.82 Å². The maximum Gasteiger partial charge on any atom is 0.232 e. The summed E-state index contributed by atoms with van der Waals surface area (Å²) in [5, 5.41) is 18.0. The number of rotatable bonds is 12. The summed E-state index contributed by atoms with van der Waals surface area (Å²) in [6.07, 6.45) is 5.11. The third kappa shape index (κ3) is 7.48. The van der Waals surface area contributed by atoms with Gasteiger partial charge in [-0.15, -0.1) is 0 Å². The normalized spacial score (nSPS) is 12.0. The van der Waals surface area contributed by atoms with Gasteiger partial charge in [0, 0.05) is 32.0 Å². The van der Waals surface area contributed by atoms with Crippen molar-refractivity contribution in [3.63, 3.8) is 0 Å². The first kappa shape index (κ1) is 32.9. The van der Waals surface area contributed by atoms with Crippen molar-refractivity contribution in [2.75, 3.05) is 35.3 Å². The Morgan fingerprint density at radius 1 is 0.935 bits per heavy atom. The van der Waals surface area contributed by atoms with Gasteiger partial charge in [-0.25, -0.2) is 26.2 Å². The third-order valence-electron chi connectivity index (χ3n) is 7.86. The molecule has 0 radical (unpaired) electrons. The van der Waals surface area contributed by atoms with Gasteiger partial charge in [-0.05, 0) is 59.4 Å². The van der Waals surface area contributed by atoms with E-state index in [1.165, 1.54) is 29.7 Å². The number of H-pyrrole nitrogens is 1. The van der Waals surface area contributed by atoms with Crippen molar-refractivity contribution in [2.45, 2.75) is 32.1 Å². The lowest BCUT2D eigenvalue weighted by molar-refractivity contribution is 0.432. The molecule has 0 atom stereocenters. The van der Waals surface area contributed by atoms with Gasteiger partial charge in [-0.1, -0.05) is 49.4 Å². The lowest BCUT2D eigenvalue weighted by atomic mass is 10.0. The molecule has 2 heterocycles. The van der Waals surface area contributed by atoms with Crippen LogP contribution in [-0.4, -0.2) is 63.2 Å². The summed E-state index contributed by atoms with van der Waals surface area (Å²) in [7, 11) is -5.21. The molecule has 0 saturated heterocycles. The number of phenolic OH excluding ortho intramolecular Hbond substituents is 1. The molecular weight excluding hydrogens is 630 g/mol. The van der Waals surface area contributed by atoms with E-state index in [0.29, 0.717) is 53.2 Å². The maximum atomic E-state index is 14.6. The predicted molar refractivity (Wildman–Crippen MR) is 180 cm³/mol. The zero-order chi connectivity index (χ0) is 33.2. The van der Waals surface area contributed by atoms with E-state index in [1.807, 2.05) is 36.1 Å².